The van der Waals surface area contributed by atoms with Gasteiger partial charge in [-0.2, -0.15) is 5.10 Å². The molecule has 45 heavy (non-hydrogen) atoms. The Kier molecular flexibility index (Phi) is 10.4. The van der Waals surface area contributed by atoms with E-state index in [1.807, 2.05) is 0 Å². The fourth-order valence-corrected chi connectivity index (χ4v) is 4.11. The largest absolute Gasteiger partial charge is 0.478 e. The number of alkyl carbamates (subject to hydrolysis) is 1. The number of thiazole rings is 1. The molecule has 0 unspecified atom stereocenters. The van der Waals surface area contributed by atoms with Crippen molar-refractivity contribution in [3.8, 4) is 0 Å². The van der Waals surface area contributed by atoms with Crippen LogP contribution in [0.5, 0.6) is 0 Å². The fourth-order valence-electron chi connectivity index (χ4n) is 3.43. The molecule has 0 spiro atoms. The Balaban J connectivity index is 1.74. The van der Waals surface area contributed by atoms with Crippen LogP contribution in [0, 0.1) is 0 Å². The smallest absolute Gasteiger partial charge is 0.413 e. The predicted octanol–water partition coefficient (Wildman–Crippen LogP) is 1.37. The van der Waals surface area contributed by atoms with E-state index in [0.29, 0.717) is 5.82 Å². The lowest BCUT2D eigenvalue weighted by atomic mass is 9.98. The Labute approximate surface area is 262 Å². The van der Waals surface area contributed by atoms with E-state index in [-0.39, 0.29) is 23.9 Å². The molecule has 0 aromatic carbocycles. The van der Waals surface area contributed by atoms with Crippen molar-refractivity contribution < 1.29 is 43.4 Å². The summed E-state index contributed by atoms with van der Waals surface area (Å²) in [6.45, 7) is 12.8. The van der Waals surface area contributed by atoms with E-state index in [2.05, 4.69) is 41.5 Å². The van der Waals surface area contributed by atoms with Gasteiger partial charge < -0.3 is 35.4 Å². The molecule has 1 fully saturated rings. The number of β-lactam (4-membered cyclic amide) rings is 1. The van der Waals surface area contributed by atoms with E-state index in [4.69, 9.17) is 14.3 Å². The molecule has 0 bridgehead atoms. The molecule has 0 saturated carbocycles. The molecule has 246 valence electrons. The van der Waals surface area contributed by atoms with Crippen molar-refractivity contribution >= 4 is 52.2 Å². The minimum absolute atomic E-state index is 0.0103. The number of rotatable bonds is 11. The van der Waals surface area contributed by atoms with Crippen LogP contribution < -0.4 is 21.3 Å². The van der Waals surface area contributed by atoms with Crippen LogP contribution in [0.2, 0.25) is 0 Å². The monoisotopic (exact) mass is 651 g/mol. The number of carbonyl (C=O) groups excluding carboxylic acids is 4. The second-order valence-electron chi connectivity index (χ2n) is 12.3. The van der Waals surface area contributed by atoms with Gasteiger partial charge in [0.25, 0.3) is 5.91 Å². The number of hydrogen-bond donors (Lipinski definition) is 5. The highest BCUT2D eigenvalue weighted by molar-refractivity contribution is 7.14. The molecule has 0 aliphatic carbocycles. The van der Waals surface area contributed by atoms with Crippen molar-refractivity contribution in [2.75, 3.05) is 5.32 Å². The van der Waals surface area contributed by atoms with E-state index >= 15 is 0 Å². The van der Waals surface area contributed by atoms with E-state index < -0.39 is 64.6 Å². The maximum Gasteiger partial charge on any atom is 0.413 e. The molecule has 2 atom stereocenters. The number of carbonyl (C=O) groups is 5. The first-order valence-corrected chi connectivity index (χ1v) is 14.5. The van der Waals surface area contributed by atoms with Crippen molar-refractivity contribution in [3.05, 3.63) is 23.2 Å². The van der Waals surface area contributed by atoms with Gasteiger partial charge in [-0.1, -0.05) is 5.16 Å². The van der Waals surface area contributed by atoms with E-state index in [1.54, 1.807) is 41.5 Å². The van der Waals surface area contributed by atoms with Gasteiger partial charge in [0.2, 0.25) is 11.5 Å². The van der Waals surface area contributed by atoms with Gasteiger partial charge in [-0.15, -0.1) is 11.3 Å². The molecule has 2 aromatic rings. The number of carboxylic acid groups (broad SMARTS) is 1. The Bertz CT molecular complexity index is 1470. The van der Waals surface area contributed by atoms with Gasteiger partial charge in [0, 0.05) is 5.38 Å². The van der Waals surface area contributed by atoms with Crippen molar-refractivity contribution in [2.45, 2.75) is 97.4 Å². The molecule has 2 aromatic heterocycles. The third-order valence-electron chi connectivity index (χ3n) is 5.60. The van der Waals surface area contributed by atoms with Gasteiger partial charge in [-0.05, 0) is 55.4 Å². The molecule has 1 aliphatic heterocycles. The zero-order chi connectivity index (χ0) is 33.7. The molecule has 5 N–H and O–H groups in total. The van der Waals surface area contributed by atoms with Crippen molar-refractivity contribution in [3.63, 3.8) is 0 Å². The molecule has 3 rings (SSSR count). The summed E-state index contributed by atoms with van der Waals surface area (Å²) in [7, 11) is 0. The molecule has 4 amide bonds. The average Bonchev–Trinajstić information content (AvgIpc) is 3.53. The number of nitrogens with zero attached hydrogens (tertiary/aromatic N) is 5. The van der Waals surface area contributed by atoms with Crippen LogP contribution in [0.3, 0.4) is 0 Å². The number of amides is 4. The van der Waals surface area contributed by atoms with Crippen LogP contribution in [-0.2, 0) is 41.8 Å². The number of aromatic nitrogens is 4. The number of hydrogen-bond acceptors (Lipinski definition) is 13. The van der Waals surface area contributed by atoms with Crippen LogP contribution in [0.1, 0.15) is 66.9 Å². The van der Waals surface area contributed by atoms with Crippen molar-refractivity contribution in [2.24, 2.45) is 5.16 Å². The number of oxime groups is 1. The third kappa shape index (κ3) is 10.1. The van der Waals surface area contributed by atoms with Gasteiger partial charge in [0.15, 0.2) is 10.8 Å². The third-order valence-corrected chi connectivity index (χ3v) is 6.36. The minimum atomic E-state index is -1.81. The molecule has 19 heteroatoms. The second-order valence-corrected chi connectivity index (χ2v) is 13.1. The number of anilines is 1. The van der Waals surface area contributed by atoms with Crippen LogP contribution in [-0.4, -0.2) is 89.4 Å². The minimum Gasteiger partial charge on any atom is -0.478 e. The normalized spacial score (nSPS) is 17.0. The first kappa shape index (κ1) is 34.7. The number of nitrogens with one attached hydrogen (secondary N) is 4. The lowest BCUT2D eigenvalue weighted by molar-refractivity contribution is -0.161. The van der Waals surface area contributed by atoms with E-state index in [9.17, 15) is 29.1 Å². The van der Waals surface area contributed by atoms with Crippen LogP contribution in [0.4, 0.5) is 14.7 Å². The SMILES string of the molecule is CC(C)(C)OC(=O)NCc1ncnn1C[C@H]1NC(=O)[C@H]1NC(=O)C(=NOC(C)(C)C(=O)O)c1csc(NC(=O)OC(C)(C)C)n1. The Hall–Kier alpha value is -4.81. The molecule has 18 nitrogen and oxygen atoms in total. The summed E-state index contributed by atoms with van der Waals surface area (Å²) < 4.78 is 11.9. The quantitative estimate of drug-likeness (QED) is 0.132. The number of ether oxygens (including phenoxy) is 2. The molecule has 1 saturated heterocycles. The van der Waals surface area contributed by atoms with Crippen molar-refractivity contribution in [1.29, 1.82) is 0 Å². The first-order valence-electron chi connectivity index (χ1n) is 13.6. The molecule has 0 radical (unpaired) electrons. The average molecular weight is 652 g/mol. The van der Waals surface area contributed by atoms with E-state index in [0.717, 1.165) is 11.3 Å². The second kappa shape index (κ2) is 13.4. The molecule has 3 heterocycles. The Morgan fingerprint density at radius 2 is 1.71 bits per heavy atom. The van der Waals surface area contributed by atoms with Gasteiger partial charge in [0.05, 0.1) is 19.1 Å². The highest BCUT2D eigenvalue weighted by Gasteiger charge is 2.42. The topological polar surface area (TPSA) is 237 Å². The summed E-state index contributed by atoms with van der Waals surface area (Å²) in [5.41, 5.74) is -3.78. The predicted molar refractivity (Wildman–Crippen MR) is 158 cm³/mol. The van der Waals surface area contributed by atoms with Crippen LogP contribution in [0.15, 0.2) is 16.9 Å². The fraction of sp³-hybridized carbons (Fsp3) is 0.577. The van der Waals surface area contributed by atoms with Crippen molar-refractivity contribution in [1.82, 2.24) is 35.7 Å². The molecular formula is C26H37N9O9S. The lowest BCUT2D eigenvalue weighted by Crippen LogP contribution is -2.70. The van der Waals surface area contributed by atoms with E-state index in [1.165, 1.54) is 30.2 Å². The maximum atomic E-state index is 13.4. The van der Waals surface area contributed by atoms with Gasteiger partial charge >= 0.3 is 18.2 Å². The van der Waals surface area contributed by atoms with Gasteiger partial charge in [-0.25, -0.2) is 29.0 Å². The summed E-state index contributed by atoms with van der Waals surface area (Å²) >= 11 is 0.950. The maximum absolute atomic E-state index is 13.4. The summed E-state index contributed by atoms with van der Waals surface area (Å²) in [5.74, 6) is -2.38. The van der Waals surface area contributed by atoms with Gasteiger partial charge in [-0.3, -0.25) is 14.9 Å². The highest BCUT2D eigenvalue weighted by atomic mass is 32.1. The molecular weight excluding hydrogens is 614 g/mol. The van der Waals surface area contributed by atoms with Crippen LogP contribution in [0.25, 0.3) is 0 Å². The summed E-state index contributed by atoms with van der Waals surface area (Å²) in [4.78, 5) is 75.1. The first-order chi connectivity index (χ1) is 20.7. The van der Waals surface area contributed by atoms with Crippen LogP contribution >= 0.6 is 11.3 Å². The summed E-state index contributed by atoms with van der Waals surface area (Å²) in [6.07, 6.45) is -0.152. The number of carboxylic acids is 1. The highest BCUT2D eigenvalue weighted by Crippen LogP contribution is 2.20. The standard InChI is InChI=1S/C26H37N9O9S/c1-24(2,3)42-22(40)27-9-15-28-12-29-35(15)10-13-16(18(36)30-13)32-19(37)17(34-44-26(7,8)20(38)39)14-11-45-21(31-14)33-23(41)43-25(4,5)6/h11-13,16H,9-10H2,1-8H3,(H,27,40)(H,30,36)(H,32,37)(H,38,39)(H,31,33,41)/t13-,16+/m1/s1. The number of aliphatic carboxylic acids is 1. The summed E-state index contributed by atoms with van der Waals surface area (Å²) in [5, 5.41) is 29.0. The summed E-state index contributed by atoms with van der Waals surface area (Å²) in [6, 6.07) is -1.69. The molecule has 1 aliphatic rings. The van der Waals surface area contributed by atoms with Gasteiger partial charge in [0.1, 0.15) is 35.1 Å². The zero-order valence-corrected chi connectivity index (χ0v) is 26.9. The lowest BCUT2D eigenvalue weighted by Gasteiger charge is -2.37. The Morgan fingerprint density at radius 1 is 1.07 bits per heavy atom. The Morgan fingerprint density at radius 3 is 2.31 bits per heavy atom. The zero-order valence-electron chi connectivity index (χ0n) is 26.1.